The normalized spacial score (nSPS) is 12.0. The number of nitrogens with zero attached hydrogens (tertiary/aromatic N) is 5. The number of imidazole rings is 2. The molecule has 0 aliphatic rings. The maximum atomic E-state index is 14.2. The lowest BCUT2D eigenvalue weighted by atomic mass is 10.0. The zero-order valence-corrected chi connectivity index (χ0v) is 15.5. The van der Waals surface area contributed by atoms with Crippen LogP contribution in [0.4, 0.5) is 17.6 Å². The average molecular weight is 403 g/mol. The number of hydrogen-bond acceptors (Lipinski definition) is 3. The van der Waals surface area contributed by atoms with Crippen LogP contribution in [0.2, 0.25) is 0 Å². The highest BCUT2D eigenvalue weighted by Gasteiger charge is 2.31. The zero-order chi connectivity index (χ0) is 20.6. The maximum absolute atomic E-state index is 14.2. The summed E-state index contributed by atoms with van der Waals surface area (Å²) >= 11 is 0. The lowest BCUT2D eigenvalue weighted by molar-refractivity contribution is -0.140. The summed E-state index contributed by atoms with van der Waals surface area (Å²) in [4.78, 5) is 12.7. The molecule has 4 aromatic rings. The van der Waals surface area contributed by atoms with Crippen LogP contribution in [0.25, 0.3) is 22.6 Å². The van der Waals surface area contributed by atoms with E-state index in [1.165, 1.54) is 18.5 Å². The van der Waals surface area contributed by atoms with Gasteiger partial charge in [-0.15, -0.1) is 0 Å². The molecule has 0 radical (unpaired) electrons. The van der Waals surface area contributed by atoms with Crippen LogP contribution in [-0.4, -0.2) is 30.3 Å². The van der Waals surface area contributed by atoms with Gasteiger partial charge < -0.3 is 9.13 Å². The largest absolute Gasteiger partial charge is 0.406 e. The first-order valence-corrected chi connectivity index (χ1v) is 9.03. The third kappa shape index (κ3) is 3.72. The molecule has 0 saturated heterocycles. The maximum Gasteiger partial charge on any atom is 0.406 e. The molecule has 0 N–H and O–H groups in total. The standard InChI is InChI=1S/C20H17F4N5/c1-2-13-14(5-3-6-15(13)21)18-26-9-10-28(18)11-17-27-16-7-4-8-25-19(16)29(17)12-20(22,23)24/h3-10H,2,11-12H2,1H3. The number of rotatable bonds is 5. The van der Waals surface area contributed by atoms with E-state index in [1.807, 2.05) is 6.92 Å². The number of benzene rings is 1. The number of fused-ring (bicyclic) bond motifs is 1. The minimum Gasteiger partial charge on any atom is -0.323 e. The topological polar surface area (TPSA) is 48.5 Å². The Morgan fingerprint density at radius 3 is 2.62 bits per heavy atom. The second-order valence-corrected chi connectivity index (χ2v) is 6.57. The number of pyridine rings is 1. The van der Waals surface area contributed by atoms with Crippen molar-refractivity contribution < 1.29 is 17.6 Å². The minimum atomic E-state index is -4.42. The van der Waals surface area contributed by atoms with E-state index in [0.29, 0.717) is 28.9 Å². The summed E-state index contributed by atoms with van der Waals surface area (Å²) in [7, 11) is 0. The van der Waals surface area contributed by atoms with Crippen molar-refractivity contribution in [3.63, 3.8) is 0 Å². The summed E-state index contributed by atoms with van der Waals surface area (Å²) in [6.07, 6.45) is 0.656. The summed E-state index contributed by atoms with van der Waals surface area (Å²) in [6.45, 7) is 0.686. The highest BCUT2D eigenvalue weighted by Crippen LogP contribution is 2.27. The van der Waals surface area contributed by atoms with E-state index in [2.05, 4.69) is 15.0 Å². The van der Waals surface area contributed by atoms with Crippen molar-refractivity contribution in [2.24, 2.45) is 0 Å². The van der Waals surface area contributed by atoms with Crippen LogP contribution in [0, 0.1) is 5.82 Å². The summed E-state index contributed by atoms with van der Waals surface area (Å²) in [6, 6.07) is 7.96. The average Bonchev–Trinajstić information content (AvgIpc) is 3.26. The van der Waals surface area contributed by atoms with E-state index >= 15 is 0 Å². The molecule has 0 saturated carbocycles. The quantitative estimate of drug-likeness (QED) is 0.458. The molecular weight excluding hydrogens is 386 g/mol. The molecule has 1 aromatic carbocycles. The Hall–Kier alpha value is -3.23. The van der Waals surface area contributed by atoms with E-state index in [9.17, 15) is 17.6 Å². The van der Waals surface area contributed by atoms with Crippen LogP contribution in [0.15, 0.2) is 48.9 Å². The Bertz CT molecular complexity index is 1160. The van der Waals surface area contributed by atoms with Gasteiger partial charge in [0.25, 0.3) is 0 Å². The van der Waals surface area contributed by atoms with Gasteiger partial charge in [-0.2, -0.15) is 13.2 Å². The first kappa shape index (κ1) is 19.1. The number of hydrogen-bond donors (Lipinski definition) is 0. The van der Waals surface area contributed by atoms with Gasteiger partial charge in [-0.25, -0.2) is 19.3 Å². The third-order valence-electron chi connectivity index (χ3n) is 4.66. The van der Waals surface area contributed by atoms with Gasteiger partial charge in [0, 0.05) is 24.2 Å². The minimum absolute atomic E-state index is 0.0431. The Balaban J connectivity index is 1.79. The van der Waals surface area contributed by atoms with Gasteiger partial charge in [0.15, 0.2) is 5.65 Å². The molecule has 3 heterocycles. The number of aromatic nitrogens is 5. The van der Waals surface area contributed by atoms with Crippen molar-refractivity contribution in [3.8, 4) is 11.4 Å². The number of halogens is 4. The van der Waals surface area contributed by atoms with Gasteiger partial charge in [-0.3, -0.25) is 0 Å². The predicted molar refractivity (Wildman–Crippen MR) is 99.7 cm³/mol. The molecule has 0 spiro atoms. The molecule has 5 nitrogen and oxygen atoms in total. The Kier molecular flexibility index (Phi) is 4.81. The fourth-order valence-corrected chi connectivity index (χ4v) is 3.43. The molecular formula is C20H17F4N5. The highest BCUT2D eigenvalue weighted by molar-refractivity contribution is 5.71. The van der Waals surface area contributed by atoms with Crippen LogP contribution in [-0.2, 0) is 19.5 Å². The van der Waals surface area contributed by atoms with E-state index in [-0.39, 0.29) is 23.8 Å². The summed E-state index contributed by atoms with van der Waals surface area (Å²) in [5, 5.41) is 0. The lowest BCUT2D eigenvalue weighted by Crippen LogP contribution is -2.21. The fourth-order valence-electron chi connectivity index (χ4n) is 3.43. The Morgan fingerprint density at radius 2 is 1.86 bits per heavy atom. The van der Waals surface area contributed by atoms with Crippen LogP contribution >= 0.6 is 0 Å². The summed E-state index contributed by atoms with van der Waals surface area (Å²) in [5.41, 5.74) is 1.66. The van der Waals surface area contributed by atoms with Gasteiger partial charge in [0.05, 0.1) is 6.54 Å². The first-order valence-electron chi connectivity index (χ1n) is 9.03. The van der Waals surface area contributed by atoms with Crippen LogP contribution in [0.5, 0.6) is 0 Å². The highest BCUT2D eigenvalue weighted by atomic mass is 19.4. The van der Waals surface area contributed by atoms with Crippen molar-refractivity contribution in [1.29, 1.82) is 0 Å². The molecule has 150 valence electrons. The van der Waals surface area contributed by atoms with Crippen LogP contribution in [0.1, 0.15) is 18.3 Å². The first-order chi connectivity index (χ1) is 13.9. The molecule has 4 rings (SSSR count). The van der Waals surface area contributed by atoms with Gasteiger partial charge in [-0.1, -0.05) is 19.1 Å². The molecule has 0 aliphatic carbocycles. The second kappa shape index (κ2) is 7.31. The van der Waals surface area contributed by atoms with Gasteiger partial charge in [0.2, 0.25) is 0 Å². The molecule has 0 unspecified atom stereocenters. The summed E-state index contributed by atoms with van der Waals surface area (Å²) in [5.74, 6) is 0.331. The van der Waals surface area contributed by atoms with Crippen LogP contribution in [0.3, 0.4) is 0 Å². The van der Waals surface area contributed by atoms with Crippen molar-refractivity contribution in [2.75, 3.05) is 0 Å². The van der Waals surface area contributed by atoms with E-state index in [0.717, 1.165) is 4.57 Å². The Labute approximate surface area is 163 Å². The predicted octanol–water partition coefficient (Wildman–Crippen LogP) is 4.61. The smallest absolute Gasteiger partial charge is 0.323 e. The molecule has 0 atom stereocenters. The van der Waals surface area contributed by atoms with E-state index in [1.54, 1.807) is 35.0 Å². The molecule has 0 amide bonds. The van der Waals surface area contributed by atoms with E-state index in [4.69, 9.17) is 0 Å². The van der Waals surface area contributed by atoms with Gasteiger partial charge in [-0.05, 0) is 30.2 Å². The molecule has 0 fully saturated rings. The van der Waals surface area contributed by atoms with Crippen molar-refractivity contribution in [2.45, 2.75) is 32.6 Å². The SMILES string of the molecule is CCc1c(F)cccc1-c1nccn1Cc1nc2cccnc2n1CC(F)(F)F. The summed E-state index contributed by atoms with van der Waals surface area (Å²) < 4.78 is 56.4. The monoisotopic (exact) mass is 403 g/mol. The van der Waals surface area contributed by atoms with Crippen molar-refractivity contribution in [3.05, 3.63) is 66.1 Å². The second-order valence-electron chi connectivity index (χ2n) is 6.57. The van der Waals surface area contributed by atoms with Gasteiger partial charge >= 0.3 is 6.18 Å². The zero-order valence-electron chi connectivity index (χ0n) is 15.5. The fraction of sp³-hybridized carbons (Fsp3) is 0.250. The molecule has 0 bridgehead atoms. The van der Waals surface area contributed by atoms with Crippen LogP contribution < -0.4 is 0 Å². The molecule has 29 heavy (non-hydrogen) atoms. The van der Waals surface area contributed by atoms with Crippen molar-refractivity contribution in [1.82, 2.24) is 24.1 Å². The third-order valence-corrected chi connectivity index (χ3v) is 4.66. The number of alkyl halides is 3. The molecule has 0 aliphatic heterocycles. The van der Waals surface area contributed by atoms with E-state index < -0.39 is 12.7 Å². The lowest BCUT2D eigenvalue weighted by Gasteiger charge is -2.14. The molecule has 3 aromatic heterocycles. The van der Waals surface area contributed by atoms with Gasteiger partial charge in [0.1, 0.15) is 29.5 Å². The molecule has 9 heteroatoms. The van der Waals surface area contributed by atoms with Crippen molar-refractivity contribution >= 4 is 11.2 Å². The Morgan fingerprint density at radius 1 is 1.03 bits per heavy atom.